The van der Waals surface area contributed by atoms with E-state index in [4.69, 9.17) is 20.4 Å². The minimum Gasteiger partial charge on any atom is -0.396 e. The quantitative estimate of drug-likeness (QED) is 0.575. The van der Waals surface area contributed by atoms with E-state index in [1.54, 1.807) is 0 Å². The molecule has 0 unspecified atom stereocenters. The van der Waals surface area contributed by atoms with Crippen LogP contribution in [0.15, 0.2) is 0 Å². The molecule has 5 nitrogen and oxygen atoms in total. The second-order valence-corrected chi connectivity index (χ2v) is 3.84. The average Bonchev–Trinajstić information content (AvgIpc) is 2.39. The van der Waals surface area contributed by atoms with Gasteiger partial charge in [0.25, 0.3) is 0 Å². The second kappa shape index (κ2) is 15.5. The van der Waals surface area contributed by atoms with Gasteiger partial charge in [-0.2, -0.15) is 0 Å². The summed E-state index contributed by atoms with van der Waals surface area (Å²) in [5, 5.41) is 31.9. The van der Waals surface area contributed by atoms with Gasteiger partial charge >= 0.3 is 0 Å². The summed E-state index contributed by atoms with van der Waals surface area (Å²) in [6, 6.07) is 0. The summed E-state index contributed by atoms with van der Waals surface area (Å²) in [5.74, 6) is 0.464. The van der Waals surface area contributed by atoms with Gasteiger partial charge in [-0.25, -0.2) is 0 Å². The third kappa shape index (κ3) is 18.1. The molecule has 0 heterocycles. The first-order chi connectivity index (χ1) is 8.12. The number of aliphatic hydroxyl groups excluding tert-OH is 4. The molecule has 0 aliphatic heterocycles. The van der Waals surface area contributed by atoms with Crippen molar-refractivity contribution in [2.24, 2.45) is 0 Å². The Bertz CT molecular complexity index is 147. The number of carbonyl (C=O) groups excluding carboxylic acids is 1. The molecule has 0 aromatic rings. The smallest absolute Gasteiger partial charge is 0.132 e. The molecular formula is C12H26O5. The summed E-state index contributed by atoms with van der Waals surface area (Å²) in [4.78, 5) is 10.5. The van der Waals surface area contributed by atoms with E-state index >= 15 is 0 Å². The maximum atomic E-state index is 10.5. The summed E-state index contributed by atoms with van der Waals surface area (Å²) in [5.41, 5.74) is 0. The van der Waals surface area contributed by atoms with E-state index < -0.39 is 6.10 Å². The molecule has 0 aromatic heterocycles. The molecule has 0 amide bonds. The van der Waals surface area contributed by atoms with Crippen molar-refractivity contribution in [3.63, 3.8) is 0 Å². The van der Waals surface area contributed by atoms with Crippen LogP contribution in [0, 0.1) is 0 Å². The maximum absolute atomic E-state index is 10.5. The minimum atomic E-state index is -0.954. The summed E-state index contributed by atoms with van der Waals surface area (Å²) in [6.07, 6.45) is 5.16. The molecule has 1 aliphatic rings. The van der Waals surface area contributed by atoms with Crippen LogP contribution in [0.5, 0.6) is 0 Å². The Labute approximate surface area is 103 Å². The van der Waals surface area contributed by atoms with Crippen molar-refractivity contribution in [2.45, 2.75) is 51.6 Å². The minimum absolute atomic E-state index is 0.319. The van der Waals surface area contributed by atoms with Gasteiger partial charge in [0.05, 0.1) is 13.2 Å². The van der Waals surface area contributed by atoms with E-state index in [1.807, 2.05) is 6.92 Å². The first kappa shape index (κ1) is 18.9. The number of hydrogen-bond acceptors (Lipinski definition) is 5. The van der Waals surface area contributed by atoms with Crippen LogP contribution in [-0.4, -0.2) is 52.1 Å². The molecule has 17 heavy (non-hydrogen) atoms. The fourth-order valence-electron chi connectivity index (χ4n) is 1.00. The van der Waals surface area contributed by atoms with Crippen LogP contribution in [0.25, 0.3) is 0 Å². The van der Waals surface area contributed by atoms with E-state index in [-0.39, 0.29) is 13.2 Å². The Kier molecular flexibility index (Phi) is 17.2. The van der Waals surface area contributed by atoms with Crippen LogP contribution >= 0.6 is 0 Å². The van der Waals surface area contributed by atoms with Gasteiger partial charge in [0.1, 0.15) is 11.9 Å². The molecule has 0 radical (unpaired) electrons. The molecule has 1 saturated carbocycles. The Hall–Kier alpha value is -0.490. The summed E-state index contributed by atoms with van der Waals surface area (Å²) < 4.78 is 0. The van der Waals surface area contributed by atoms with Crippen molar-refractivity contribution < 1.29 is 25.2 Å². The van der Waals surface area contributed by atoms with Crippen molar-refractivity contribution in [1.29, 1.82) is 0 Å². The van der Waals surface area contributed by atoms with Gasteiger partial charge in [-0.1, -0.05) is 13.3 Å². The lowest BCUT2D eigenvalue weighted by molar-refractivity contribution is -0.120. The SMILES string of the molecule is CCCO.O=C1CCCCC1.OCC(O)CO. The summed E-state index contributed by atoms with van der Waals surface area (Å²) in [7, 11) is 0. The molecule has 1 fully saturated rings. The van der Waals surface area contributed by atoms with Gasteiger partial charge < -0.3 is 20.4 Å². The van der Waals surface area contributed by atoms with Gasteiger partial charge in [-0.3, -0.25) is 4.79 Å². The predicted octanol–water partition coefficient (Wildman–Crippen LogP) is 0.240. The number of ketones is 1. The second-order valence-electron chi connectivity index (χ2n) is 3.84. The summed E-state index contributed by atoms with van der Waals surface area (Å²) in [6.45, 7) is 1.52. The Morgan fingerprint density at radius 2 is 1.47 bits per heavy atom. The normalized spacial score (nSPS) is 14.6. The third-order valence-electron chi connectivity index (χ3n) is 2.06. The van der Waals surface area contributed by atoms with E-state index in [0.717, 1.165) is 32.1 Å². The van der Waals surface area contributed by atoms with E-state index in [2.05, 4.69) is 0 Å². The number of Topliss-reactive ketones (excluding diaryl/α,β-unsaturated/α-hetero) is 1. The lowest BCUT2D eigenvalue weighted by atomic mass is 10.00. The van der Waals surface area contributed by atoms with Crippen LogP contribution in [0.3, 0.4) is 0 Å². The van der Waals surface area contributed by atoms with Crippen LogP contribution in [0.4, 0.5) is 0 Å². The zero-order valence-electron chi connectivity index (χ0n) is 10.6. The van der Waals surface area contributed by atoms with Gasteiger partial charge in [-0.15, -0.1) is 0 Å². The largest absolute Gasteiger partial charge is 0.396 e. The van der Waals surface area contributed by atoms with E-state index in [0.29, 0.717) is 12.4 Å². The number of hydrogen-bond donors (Lipinski definition) is 4. The molecule has 1 rings (SSSR count). The first-order valence-electron chi connectivity index (χ1n) is 6.14. The topological polar surface area (TPSA) is 98.0 Å². The molecule has 4 N–H and O–H groups in total. The molecule has 5 heteroatoms. The molecule has 0 bridgehead atoms. The zero-order chi connectivity index (χ0) is 13.5. The summed E-state index contributed by atoms with van der Waals surface area (Å²) >= 11 is 0. The molecule has 0 spiro atoms. The molecule has 0 aromatic carbocycles. The number of aliphatic hydroxyl groups is 4. The van der Waals surface area contributed by atoms with Crippen molar-refractivity contribution in [1.82, 2.24) is 0 Å². The van der Waals surface area contributed by atoms with Crippen molar-refractivity contribution in [3.05, 3.63) is 0 Å². The Morgan fingerprint density at radius 1 is 1.06 bits per heavy atom. The van der Waals surface area contributed by atoms with Crippen molar-refractivity contribution >= 4 is 5.78 Å². The Balaban J connectivity index is 0. The van der Waals surface area contributed by atoms with Gasteiger partial charge in [-0.05, 0) is 19.3 Å². The van der Waals surface area contributed by atoms with Gasteiger partial charge in [0.2, 0.25) is 0 Å². The lowest BCUT2D eigenvalue weighted by Gasteiger charge is -2.05. The molecular weight excluding hydrogens is 224 g/mol. The first-order valence-corrected chi connectivity index (χ1v) is 6.14. The number of rotatable bonds is 3. The fourth-order valence-corrected chi connectivity index (χ4v) is 1.00. The zero-order valence-corrected chi connectivity index (χ0v) is 10.6. The monoisotopic (exact) mass is 250 g/mol. The van der Waals surface area contributed by atoms with Crippen molar-refractivity contribution in [2.75, 3.05) is 19.8 Å². The number of carbonyl (C=O) groups is 1. The van der Waals surface area contributed by atoms with E-state index in [1.165, 1.54) is 6.42 Å². The maximum Gasteiger partial charge on any atom is 0.132 e. The van der Waals surface area contributed by atoms with Crippen LogP contribution in [0.2, 0.25) is 0 Å². The predicted molar refractivity (Wildman–Crippen MR) is 65.6 cm³/mol. The highest BCUT2D eigenvalue weighted by Gasteiger charge is 2.05. The molecule has 0 atom stereocenters. The van der Waals surface area contributed by atoms with Crippen LogP contribution < -0.4 is 0 Å². The average molecular weight is 250 g/mol. The highest BCUT2D eigenvalue weighted by Crippen LogP contribution is 2.12. The Morgan fingerprint density at radius 3 is 1.59 bits per heavy atom. The van der Waals surface area contributed by atoms with Gasteiger partial charge in [0.15, 0.2) is 0 Å². The van der Waals surface area contributed by atoms with E-state index in [9.17, 15) is 4.79 Å². The van der Waals surface area contributed by atoms with Crippen LogP contribution in [-0.2, 0) is 4.79 Å². The highest BCUT2D eigenvalue weighted by molar-refractivity contribution is 5.78. The third-order valence-corrected chi connectivity index (χ3v) is 2.06. The fraction of sp³-hybridized carbons (Fsp3) is 0.917. The lowest BCUT2D eigenvalue weighted by Crippen LogP contribution is -2.15. The standard InChI is InChI=1S/C6H10O.C3H8O3.C3H8O/c7-6-4-2-1-3-5-6;4-1-3(6)2-5;1-2-3-4/h1-5H2;3-6H,1-2H2;4H,2-3H2,1H3. The molecule has 1 aliphatic carbocycles. The van der Waals surface area contributed by atoms with Crippen LogP contribution in [0.1, 0.15) is 45.4 Å². The molecule has 104 valence electrons. The molecule has 0 saturated heterocycles. The van der Waals surface area contributed by atoms with Gasteiger partial charge in [0, 0.05) is 19.4 Å². The highest BCUT2D eigenvalue weighted by atomic mass is 16.3. The van der Waals surface area contributed by atoms with Crippen molar-refractivity contribution in [3.8, 4) is 0 Å².